The van der Waals surface area contributed by atoms with Gasteiger partial charge in [-0.05, 0) is 53.8 Å². The first-order valence-corrected chi connectivity index (χ1v) is 10.1. The number of nitrogens with one attached hydrogen (secondary N) is 2. The number of nitrogens with two attached hydrogens (primary N) is 1. The number of H-pyrrole nitrogens is 1. The molecule has 5 rings (SSSR count). The third-order valence-corrected chi connectivity index (χ3v) is 6.27. The molecule has 2 aromatic carbocycles. The Morgan fingerprint density at radius 2 is 1.83 bits per heavy atom. The molecule has 4 nitrogen and oxygen atoms in total. The van der Waals surface area contributed by atoms with E-state index in [2.05, 4.69) is 66.6 Å². The summed E-state index contributed by atoms with van der Waals surface area (Å²) in [6.07, 6.45) is 3.09. The Kier molecular flexibility index (Phi) is 4.18. The lowest BCUT2D eigenvalue weighted by Crippen LogP contribution is -2.21. The van der Waals surface area contributed by atoms with Crippen molar-refractivity contribution < 1.29 is 4.79 Å². The van der Waals surface area contributed by atoms with Crippen LogP contribution in [0.25, 0.3) is 6.08 Å². The molecule has 1 aromatic heterocycles. The number of carbonyl (C=O) groups is 1. The highest BCUT2D eigenvalue weighted by Crippen LogP contribution is 2.50. The fourth-order valence-corrected chi connectivity index (χ4v) is 4.93. The van der Waals surface area contributed by atoms with Crippen LogP contribution in [-0.2, 0) is 17.8 Å². The van der Waals surface area contributed by atoms with Crippen LogP contribution in [0, 0.1) is 13.8 Å². The van der Waals surface area contributed by atoms with Crippen LogP contribution >= 0.6 is 0 Å². The molecule has 1 aliphatic carbocycles. The van der Waals surface area contributed by atoms with Gasteiger partial charge in [-0.15, -0.1) is 0 Å². The van der Waals surface area contributed by atoms with E-state index in [0.29, 0.717) is 6.54 Å². The maximum atomic E-state index is 13.1. The smallest absolute Gasteiger partial charge is 0.232 e. The number of rotatable bonds is 4. The van der Waals surface area contributed by atoms with Crippen LogP contribution in [0.5, 0.6) is 0 Å². The second-order valence-corrected chi connectivity index (χ2v) is 8.21. The Balaban J connectivity index is 1.61. The van der Waals surface area contributed by atoms with Gasteiger partial charge in [0.05, 0.1) is 5.92 Å². The van der Waals surface area contributed by atoms with Gasteiger partial charge in [0.15, 0.2) is 0 Å². The van der Waals surface area contributed by atoms with Gasteiger partial charge in [-0.25, -0.2) is 0 Å². The molecule has 0 saturated heterocycles. The Hall–Kier alpha value is -3.11. The number of amides is 1. The SMILES string of the molecule is Cc1cc(C)c(CC2=Cc3ccccc3C2C2C(=O)Nc3ccc(CN)cc32)[nH]1. The van der Waals surface area contributed by atoms with Crippen LogP contribution in [0.2, 0.25) is 0 Å². The van der Waals surface area contributed by atoms with Crippen LogP contribution in [-0.4, -0.2) is 10.9 Å². The van der Waals surface area contributed by atoms with E-state index >= 15 is 0 Å². The third kappa shape index (κ3) is 2.91. The van der Waals surface area contributed by atoms with E-state index in [1.807, 2.05) is 12.1 Å². The quantitative estimate of drug-likeness (QED) is 0.618. The highest BCUT2D eigenvalue weighted by molar-refractivity contribution is 6.04. The minimum absolute atomic E-state index is 0.0310. The van der Waals surface area contributed by atoms with Crippen LogP contribution < -0.4 is 11.1 Å². The lowest BCUT2D eigenvalue weighted by atomic mass is 9.78. The fourth-order valence-electron chi connectivity index (χ4n) is 4.93. The highest BCUT2D eigenvalue weighted by Gasteiger charge is 2.42. The molecule has 2 atom stereocenters. The number of fused-ring (bicyclic) bond motifs is 2. The summed E-state index contributed by atoms with van der Waals surface area (Å²) in [6.45, 7) is 4.70. The molecular weight excluding hydrogens is 358 g/mol. The van der Waals surface area contributed by atoms with Gasteiger partial charge in [-0.3, -0.25) is 4.79 Å². The Labute approximate surface area is 170 Å². The average Bonchev–Trinajstić information content (AvgIpc) is 3.33. The minimum Gasteiger partial charge on any atom is -0.362 e. The van der Waals surface area contributed by atoms with Gasteiger partial charge in [0.25, 0.3) is 0 Å². The monoisotopic (exact) mass is 383 g/mol. The van der Waals surface area contributed by atoms with Crippen molar-refractivity contribution in [2.45, 2.75) is 38.6 Å². The molecule has 146 valence electrons. The molecule has 0 radical (unpaired) electrons. The second-order valence-electron chi connectivity index (χ2n) is 8.21. The molecular formula is C25H25N3O. The molecule has 1 amide bonds. The normalized spacial score (nSPS) is 19.7. The van der Waals surface area contributed by atoms with Crippen molar-refractivity contribution in [3.05, 3.63) is 93.3 Å². The topological polar surface area (TPSA) is 70.9 Å². The number of hydrogen-bond donors (Lipinski definition) is 3. The van der Waals surface area contributed by atoms with E-state index in [4.69, 9.17) is 5.73 Å². The summed E-state index contributed by atoms with van der Waals surface area (Å²) >= 11 is 0. The van der Waals surface area contributed by atoms with Gasteiger partial charge in [-0.1, -0.05) is 48.0 Å². The lowest BCUT2D eigenvalue weighted by Gasteiger charge is -2.23. The number of benzene rings is 2. The summed E-state index contributed by atoms with van der Waals surface area (Å²) in [5.41, 5.74) is 16.3. The summed E-state index contributed by atoms with van der Waals surface area (Å²) in [6, 6.07) is 16.7. The third-order valence-electron chi connectivity index (χ3n) is 6.27. The first kappa shape index (κ1) is 18.0. The van der Waals surface area contributed by atoms with Gasteiger partial charge in [-0.2, -0.15) is 0 Å². The summed E-state index contributed by atoms with van der Waals surface area (Å²) < 4.78 is 0. The number of carbonyl (C=O) groups excluding carboxylic acids is 1. The molecule has 29 heavy (non-hydrogen) atoms. The molecule has 0 spiro atoms. The maximum absolute atomic E-state index is 13.1. The van der Waals surface area contributed by atoms with E-state index in [1.165, 1.54) is 33.7 Å². The van der Waals surface area contributed by atoms with Gasteiger partial charge in [0.2, 0.25) is 5.91 Å². The number of hydrogen-bond acceptors (Lipinski definition) is 2. The maximum Gasteiger partial charge on any atom is 0.232 e. The largest absolute Gasteiger partial charge is 0.362 e. The fraction of sp³-hybridized carbons (Fsp3) is 0.240. The van der Waals surface area contributed by atoms with Crippen molar-refractivity contribution in [1.82, 2.24) is 4.98 Å². The number of aryl methyl sites for hydroxylation is 2. The Bertz CT molecular complexity index is 1150. The summed E-state index contributed by atoms with van der Waals surface area (Å²) in [5, 5.41) is 3.09. The molecule has 2 aliphatic rings. The van der Waals surface area contributed by atoms with Gasteiger partial charge in [0, 0.05) is 36.0 Å². The van der Waals surface area contributed by atoms with Gasteiger partial charge in [0.1, 0.15) is 0 Å². The Morgan fingerprint density at radius 3 is 2.59 bits per heavy atom. The van der Waals surface area contributed by atoms with Crippen molar-refractivity contribution in [3.8, 4) is 0 Å². The molecule has 1 aliphatic heterocycles. The van der Waals surface area contributed by atoms with Crippen molar-refractivity contribution in [1.29, 1.82) is 0 Å². The standard InChI is InChI=1S/C25H25N3O/c1-14-9-15(2)27-22(14)12-18-11-17-5-3-4-6-19(17)23(18)24-20-10-16(13-26)7-8-21(20)28-25(24)29/h3-11,23-24,27H,12-13,26H2,1-2H3,(H,28,29). The number of anilines is 1. The second kappa shape index (κ2) is 6.75. The summed E-state index contributed by atoms with van der Waals surface area (Å²) in [5.74, 6) is -0.132. The predicted molar refractivity (Wildman–Crippen MR) is 117 cm³/mol. The van der Waals surface area contributed by atoms with E-state index in [0.717, 1.165) is 23.2 Å². The van der Waals surface area contributed by atoms with Gasteiger partial charge >= 0.3 is 0 Å². The molecule has 0 bridgehead atoms. The predicted octanol–water partition coefficient (Wildman–Crippen LogP) is 4.55. The molecule has 4 N–H and O–H groups in total. The van der Waals surface area contributed by atoms with Crippen LogP contribution in [0.15, 0.2) is 54.1 Å². The zero-order valence-electron chi connectivity index (χ0n) is 16.8. The first-order valence-electron chi connectivity index (χ1n) is 10.1. The molecule has 3 aromatic rings. The van der Waals surface area contributed by atoms with E-state index in [-0.39, 0.29) is 17.7 Å². The van der Waals surface area contributed by atoms with Crippen molar-refractivity contribution in [3.63, 3.8) is 0 Å². The number of allylic oxidation sites excluding steroid dienone is 1. The average molecular weight is 383 g/mol. The van der Waals surface area contributed by atoms with Crippen molar-refractivity contribution in [2.75, 3.05) is 5.32 Å². The molecule has 2 heterocycles. The Morgan fingerprint density at radius 1 is 1.00 bits per heavy atom. The molecule has 2 unspecified atom stereocenters. The zero-order valence-corrected chi connectivity index (χ0v) is 16.8. The van der Waals surface area contributed by atoms with E-state index in [9.17, 15) is 4.79 Å². The number of aromatic nitrogens is 1. The van der Waals surface area contributed by atoms with E-state index < -0.39 is 0 Å². The first-order chi connectivity index (χ1) is 14.0. The number of aromatic amines is 1. The van der Waals surface area contributed by atoms with Crippen LogP contribution in [0.1, 0.15) is 51.0 Å². The zero-order chi connectivity index (χ0) is 20.1. The van der Waals surface area contributed by atoms with E-state index in [1.54, 1.807) is 0 Å². The minimum atomic E-state index is -0.234. The van der Waals surface area contributed by atoms with Crippen LogP contribution in [0.3, 0.4) is 0 Å². The molecule has 0 saturated carbocycles. The summed E-state index contributed by atoms with van der Waals surface area (Å²) in [7, 11) is 0. The summed E-state index contributed by atoms with van der Waals surface area (Å²) in [4.78, 5) is 16.6. The van der Waals surface area contributed by atoms with Crippen molar-refractivity contribution in [2.24, 2.45) is 5.73 Å². The molecule has 4 heteroatoms. The highest BCUT2D eigenvalue weighted by atomic mass is 16.2. The van der Waals surface area contributed by atoms with Crippen LogP contribution in [0.4, 0.5) is 5.69 Å². The van der Waals surface area contributed by atoms with Gasteiger partial charge < -0.3 is 16.0 Å². The van der Waals surface area contributed by atoms with Crippen molar-refractivity contribution >= 4 is 17.7 Å². The molecule has 0 fully saturated rings. The lowest BCUT2D eigenvalue weighted by molar-refractivity contribution is -0.117.